The molecule has 4 bridgehead atoms. The van der Waals surface area contributed by atoms with E-state index in [1.165, 1.54) is 0 Å². The molecule has 2 heterocycles. The molecule has 4 aliphatic carbocycles. The zero-order chi connectivity index (χ0) is 18.0. The first-order chi connectivity index (χ1) is 11.6. The third kappa shape index (κ3) is 1.56. The summed E-state index contributed by atoms with van der Waals surface area (Å²) in [7, 11) is 0. The molecule has 4 saturated carbocycles. The monoisotopic (exact) mass is 350 g/mol. The van der Waals surface area contributed by atoms with E-state index >= 15 is 0 Å². The van der Waals surface area contributed by atoms with Gasteiger partial charge in [-0.2, -0.15) is 0 Å². The van der Waals surface area contributed by atoms with Crippen LogP contribution in [0.1, 0.15) is 46.0 Å². The van der Waals surface area contributed by atoms with Crippen molar-refractivity contribution >= 4 is 0 Å². The van der Waals surface area contributed by atoms with Crippen LogP contribution in [0.15, 0.2) is 12.2 Å². The Kier molecular flexibility index (Phi) is 3.01. The van der Waals surface area contributed by atoms with Gasteiger partial charge in [0.2, 0.25) is 0 Å². The lowest BCUT2D eigenvalue weighted by molar-refractivity contribution is -0.443. The van der Waals surface area contributed by atoms with Gasteiger partial charge in [0.25, 0.3) is 0 Å². The molecule has 5 heteroatoms. The quantitative estimate of drug-likeness (QED) is 0.493. The van der Waals surface area contributed by atoms with Crippen molar-refractivity contribution < 1.29 is 25.2 Å². The Labute approximate surface area is 148 Å². The van der Waals surface area contributed by atoms with Crippen molar-refractivity contribution in [2.75, 3.05) is 6.61 Å². The largest absolute Gasteiger partial charge is 0.393 e. The average molecular weight is 350 g/mol. The molecule has 140 valence electrons. The van der Waals surface area contributed by atoms with Crippen LogP contribution >= 0.6 is 0 Å². The minimum absolute atomic E-state index is 0.0109. The second-order valence-electron chi connectivity index (χ2n) is 10.2. The lowest BCUT2D eigenvalue weighted by Crippen LogP contribution is -2.80. The van der Waals surface area contributed by atoms with Crippen molar-refractivity contribution in [1.82, 2.24) is 0 Å². The Morgan fingerprint density at radius 1 is 1.16 bits per heavy atom. The van der Waals surface area contributed by atoms with Crippen LogP contribution in [0.25, 0.3) is 0 Å². The molecule has 5 nitrogen and oxygen atoms in total. The van der Waals surface area contributed by atoms with E-state index in [2.05, 4.69) is 20.4 Å². The molecule has 6 rings (SSSR count). The Hall–Kier alpha value is -0.460. The van der Waals surface area contributed by atoms with Gasteiger partial charge in [0.1, 0.15) is 0 Å². The second-order valence-corrected chi connectivity index (χ2v) is 10.2. The fourth-order valence-corrected chi connectivity index (χ4v) is 7.95. The maximum Gasteiger partial charge on any atom is 0.174 e. The molecule has 0 amide bonds. The number of ether oxygens (including phenoxy) is 1. The fraction of sp³-hybridized carbons (Fsp3) is 0.900. The minimum atomic E-state index is -1.46. The van der Waals surface area contributed by atoms with Crippen LogP contribution in [-0.4, -0.2) is 51.1 Å². The Balaban J connectivity index is 1.76. The molecule has 6 fully saturated rings. The highest BCUT2D eigenvalue weighted by atomic mass is 16.6. The maximum atomic E-state index is 11.6. The molecule has 0 aromatic rings. The number of rotatable bonds is 0. The number of fused-ring (bicyclic) bond motifs is 2. The van der Waals surface area contributed by atoms with E-state index in [0.717, 1.165) is 6.42 Å². The van der Waals surface area contributed by atoms with Crippen molar-refractivity contribution in [2.45, 2.75) is 70.1 Å². The van der Waals surface area contributed by atoms with Gasteiger partial charge >= 0.3 is 0 Å². The fourth-order valence-electron chi connectivity index (χ4n) is 7.95. The predicted molar refractivity (Wildman–Crippen MR) is 90.3 cm³/mol. The van der Waals surface area contributed by atoms with Gasteiger partial charge in [0, 0.05) is 17.8 Å². The Morgan fingerprint density at radius 2 is 1.88 bits per heavy atom. The molecule has 0 radical (unpaired) electrons. The lowest BCUT2D eigenvalue weighted by atomic mass is 9.36. The van der Waals surface area contributed by atoms with Crippen molar-refractivity contribution in [1.29, 1.82) is 0 Å². The molecule has 2 spiro atoms. The molecular formula is C20H30O5. The summed E-state index contributed by atoms with van der Waals surface area (Å²) in [5.74, 6) is -1.75. The van der Waals surface area contributed by atoms with E-state index in [0.29, 0.717) is 31.3 Å². The molecule has 0 aromatic carbocycles. The number of aliphatic hydroxyl groups excluding tert-OH is 3. The van der Waals surface area contributed by atoms with Gasteiger partial charge in [-0.3, -0.25) is 0 Å². The van der Waals surface area contributed by atoms with E-state index < -0.39 is 34.9 Å². The highest BCUT2D eigenvalue weighted by molar-refractivity contribution is 5.34. The van der Waals surface area contributed by atoms with Crippen LogP contribution in [0.3, 0.4) is 0 Å². The van der Waals surface area contributed by atoms with Crippen molar-refractivity contribution in [3.63, 3.8) is 0 Å². The summed E-state index contributed by atoms with van der Waals surface area (Å²) < 4.78 is 6.03. The van der Waals surface area contributed by atoms with Crippen molar-refractivity contribution in [3.8, 4) is 0 Å². The predicted octanol–water partition coefficient (Wildman–Crippen LogP) is 1.20. The molecule has 25 heavy (non-hydrogen) atoms. The number of hydrogen-bond acceptors (Lipinski definition) is 5. The van der Waals surface area contributed by atoms with Gasteiger partial charge in [-0.05, 0) is 48.5 Å². The smallest absolute Gasteiger partial charge is 0.174 e. The third-order valence-corrected chi connectivity index (χ3v) is 9.04. The summed E-state index contributed by atoms with van der Waals surface area (Å²) >= 11 is 0. The van der Waals surface area contributed by atoms with E-state index in [-0.39, 0.29) is 29.8 Å². The van der Waals surface area contributed by atoms with Crippen LogP contribution in [0.4, 0.5) is 0 Å². The zero-order valence-electron chi connectivity index (χ0n) is 15.1. The van der Waals surface area contributed by atoms with Gasteiger partial charge in [-0.1, -0.05) is 20.4 Å². The van der Waals surface area contributed by atoms with Crippen molar-refractivity contribution in [2.24, 2.45) is 34.0 Å². The van der Waals surface area contributed by atoms with Crippen LogP contribution in [-0.2, 0) is 4.74 Å². The molecule has 4 N–H and O–H groups in total. The van der Waals surface area contributed by atoms with Gasteiger partial charge in [0.05, 0.1) is 30.3 Å². The van der Waals surface area contributed by atoms with E-state index in [9.17, 15) is 20.4 Å². The summed E-state index contributed by atoms with van der Waals surface area (Å²) in [6, 6.07) is 0. The molecule has 0 aromatic heterocycles. The SMILES string of the molecule is C=C1[C@@H]2C[C@H](O)[C@H]3[C@@]45CO[C@@](O)(C[C@@H]4C(C)(C)CC[C@@H]5O)[C@]3(C2)[C@@H]1O. The second kappa shape index (κ2) is 4.50. The first-order valence-corrected chi connectivity index (χ1v) is 9.69. The molecule has 2 saturated heterocycles. The molecule has 0 unspecified atom stereocenters. The normalized spacial score (nSPS) is 61.8. The summed E-state index contributed by atoms with van der Waals surface area (Å²) in [5.41, 5.74) is -0.892. The summed E-state index contributed by atoms with van der Waals surface area (Å²) in [6.07, 6.45) is 0.999. The van der Waals surface area contributed by atoms with E-state index in [4.69, 9.17) is 4.74 Å². The van der Waals surface area contributed by atoms with E-state index in [1.54, 1.807) is 0 Å². The summed E-state index contributed by atoms with van der Waals surface area (Å²) in [6.45, 7) is 8.72. The van der Waals surface area contributed by atoms with Crippen LogP contribution in [0, 0.1) is 34.0 Å². The average Bonchev–Trinajstić information content (AvgIpc) is 2.75. The van der Waals surface area contributed by atoms with E-state index in [1.807, 2.05) is 0 Å². The van der Waals surface area contributed by atoms with Crippen LogP contribution in [0.5, 0.6) is 0 Å². The maximum absolute atomic E-state index is 11.6. The Bertz CT molecular complexity index is 646. The first kappa shape index (κ1) is 16.7. The molecule has 2 aliphatic heterocycles. The standard InChI is InChI=1S/C20H30O5/c1-10-11-6-12(21)15-18-9-25-20(24,19(15,7-11)16(10)23)8-13(18)17(2,3)5-4-14(18)22/h11-16,21-24H,1,4-9H2,2-3H3/t11-,12+,13-,14+,15+,16-,18+,19+,20+/m1/s1. The van der Waals surface area contributed by atoms with Gasteiger partial charge in [0.15, 0.2) is 5.79 Å². The minimum Gasteiger partial charge on any atom is -0.393 e. The van der Waals surface area contributed by atoms with Crippen molar-refractivity contribution in [3.05, 3.63) is 12.2 Å². The van der Waals surface area contributed by atoms with Gasteiger partial charge in [-0.25, -0.2) is 0 Å². The first-order valence-electron chi connectivity index (χ1n) is 9.69. The number of aliphatic hydroxyl groups is 4. The Morgan fingerprint density at radius 3 is 2.60 bits per heavy atom. The topological polar surface area (TPSA) is 90.2 Å². The zero-order valence-corrected chi connectivity index (χ0v) is 15.1. The van der Waals surface area contributed by atoms with Gasteiger partial charge < -0.3 is 25.2 Å². The number of hydrogen-bond donors (Lipinski definition) is 4. The summed E-state index contributed by atoms with van der Waals surface area (Å²) in [5, 5.41) is 45.1. The van der Waals surface area contributed by atoms with Crippen LogP contribution in [0.2, 0.25) is 0 Å². The summed E-state index contributed by atoms with van der Waals surface area (Å²) in [4.78, 5) is 0. The third-order valence-electron chi connectivity index (χ3n) is 9.04. The van der Waals surface area contributed by atoms with Gasteiger partial charge in [-0.15, -0.1) is 0 Å². The lowest BCUT2D eigenvalue weighted by Gasteiger charge is -2.74. The highest BCUT2D eigenvalue weighted by Gasteiger charge is 2.82. The van der Waals surface area contributed by atoms with Crippen LogP contribution < -0.4 is 0 Å². The highest BCUT2D eigenvalue weighted by Crippen LogP contribution is 2.77. The molecule has 6 aliphatic rings. The molecular weight excluding hydrogens is 320 g/mol. The molecule has 9 atom stereocenters.